The second-order valence-corrected chi connectivity index (χ2v) is 10.3. The number of halogens is 2. The van der Waals surface area contributed by atoms with Gasteiger partial charge in [0.2, 0.25) is 5.88 Å². The molecule has 1 aliphatic rings. The second kappa shape index (κ2) is 12.0. The third kappa shape index (κ3) is 6.18. The van der Waals surface area contributed by atoms with Gasteiger partial charge >= 0.3 is 0 Å². The Bertz CT molecular complexity index is 1680. The molecule has 0 atom stereocenters. The molecule has 0 amide bonds. The Morgan fingerprint density at radius 3 is 2.51 bits per heavy atom. The first-order chi connectivity index (χ1) is 20.1. The molecule has 6 rings (SSSR count). The zero-order valence-electron chi connectivity index (χ0n) is 22.2. The maximum Gasteiger partial charge on any atom is 0.237 e. The van der Waals surface area contributed by atoms with Gasteiger partial charge in [-0.2, -0.15) is 0 Å². The molecule has 0 saturated carbocycles. The van der Waals surface area contributed by atoms with Crippen molar-refractivity contribution in [2.24, 2.45) is 0 Å². The molecule has 0 unspecified atom stereocenters. The molecule has 10 heteroatoms. The van der Waals surface area contributed by atoms with Crippen LogP contribution < -0.4 is 19.7 Å². The van der Waals surface area contributed by atoms with Crippen molar-refractivity contribution in [3.8, 4) is 17.0 Å². The number of hydrogen-bond acceptors (Lipinski definition) is 8. The molecule has 0 spiro atoms. The molecule has 3 aromatic carbocycles. The maximum absolute atomic E-state index is 14.1. The standard InChI is InChI=1S/C31H27F2N5O2S/c1-39-31-28(37-41-29-10-4-23(32)18-26(29)33)17-22(19-34-31)20-2-9-27-21(16-20)3-11-30(36-27)35-24-5-7-25(8-6-24)38-12-14-40-15-13-38/h2-11,16-19,37H,12-15H2,1H3,(H,35,36). The lowest BCUT2D eigenvalue weighted by Gasteiger charge is -2.28. The molecule has 208 valence electrons. The van der Waals surface area contributed by atoms with E-state index in [1.807, 2.05) is 36.4 Å². The number of aromatic nitrogens is 2. The molecule has 0 radical (unpaired) electrons. The molecule has 1 aliphatic heterocycles. The number of hydrogen-bond donors (Lipinski definition) is 2. The number of morpholine rings is 1. The lowest BCUT2D eigenvalue weighted by atomic mass is 10.0. The number of anilines is 4. The van der Waals surface area contributed by atoms with Crippen LogP contribution in [0.5, 0.6) is 5.88 Å². The van der Waals surface area contributed by atoms with E-state index >= 15 is 0 Å². The maximum atomic E-state index is 14.1. The number of pyridine rings is 2. The second-order valence-electron chi connectivity index (χ2n) is 9.43. The lowest BCUT2D eigenvalue weighted by molar-refractivity contribution is 0.122. The number of benzene rings is 3. The highest BCUT2D eigenvalue weighted by Crippen LogP contribution is 2.34. The van der Waals surface area contributed by atoms with Gasteiger partial charge in [-0.15, -0.1) is 0 Å². The molecule has 1 fully saturated rings. The van der Waals surface area contributed by atoms with Crippen LogP contribution in [0.15, 0.2) is 90.0 Å². The minimum Gasteiger partial charge on any atom is -0.480 e. The van der Waals surface area contributed by atoms with Crippen LogP contribution in [0.1, 0.15) is 0 Å². The first kappa shape index (κ1) is 26.8. The Balaban J connectivity index is 1.18. The lowest BCUT2D eigenvalue weighted by Crippen LogP contribution is -2.36. The van der Waals surface area contributed by atoms with E-state index in [4.69, 9.17) is 14.5 Å². The summed E-state index contributed by atoms with van der Waals surface area (Å²) in [5.41, 5.74) is 5.36. The van der Waals surface area contributed by atoms with E-state index in [-0.39, 0.29) is 4.90 Å². The molecular weight excluding hydrogens is 544 g/mol. The van der Waals surface area contributed by atoms with Crippen LogP contribution in [-0.2, 0) is 4.74 Å². The fourth-order valence-electron chi connectivity index (χ4n) is 4.61. The van der Waals surface area contributed by atoms with Crippen LogP contribution in [0.4, 0.5) is 31.7 Å². The van der Waals surface area contributed by atoms with Gasteiger partial charge in [-0.1, -0.05) is 6.07 Å². The van der Waals surface area contributed by atoms with Gasteiger partial charge in [0.15, 0.2) is 0 Å². The van der Waals surface area contributed by atoms with Gasteiger partial charge in [0.05, 0.1) is 30.7 Å². The fourth-order valence-corrected chi connectivity index (χ4v) is 5.27. The van der Waals surface area contributed by atoms with Gasteiger partial charge in [-0.05, 0) is 84.2 Å². The van der Waals surface area contributed by atoms with Crippen molar-refractivity contribution in [1.82, 2.24) is 9.97 Å². The smallest absolute Gasteiger partial charge is 0.237 e. The fraction of sp³-hybridized carbons (Fsp3) is 0.161. The van der Waals surface area contributed by atoms with Crippen LogP contribution >= 0.6 is 11.9 Å². The minimum atomic E-state index is -0.647. The Kier molecular flexibility index (Phi) is 7.84. The molecular formula is C31H27F2N5O2S. The van der Waals surface area contributed by atoms with Crippen molar-refractivity contribution in [1.29, 1.82) is 0 Å². The van der Waals surface area contributed by atoms with Crippen molar-refractivity contribution < 1.29 is 18.3 Å². The predicted molar refractivity (Wildman–Crippen MR) is 160 cm³/mol. The number of nitrogens with one attached hydrogen (secondary N) is 2. The van der Waals surface area contributed by atoms with E-state index in [1.54, 1.807) is 6.20 Å². The van der Waals surface area contributed by atoms with Gasteiger partial charge in [-0.25, -0.2) is 18.7 Å². The van der Waals surface area contributed by atoms with E-state index in [2.05, 4.69) is 44.2 Å². The summed E-state index contributed by atoms with van der Waals surface area (Å²) < 4.78 is 41.3. The Morgan fingerprint density at radius 1 is 0.902 bits per heavy atom. The highest BCUT2D eigenvalue weighted by atomic mass is 32.2. The SMILES string of the molecule is COc1ncc(-c2ccc3nc(Nc4ccc(N5CCOCC5)cc4)ccc3c2)cc1NSc1ccc(F)cc1F. The van der Waals surface area contributed by atoms with Gasteiger partial charge in [0.1, 0.15) is 23.1 Å². The van der Waals surface area contributed by atoms with Crippen molar-refractivity contribution in [3.05, 3.63) is 96.7 Å². The number of rotatable bonds is 8. The van der Waals surface area contributed by atoms with E-state index < -0.39 is 11.6 Å². The van der Waals surface area contributed by atoms with E-state index in [9.17, 15) is 8.78 Å². The van der Waals surface area contributed by atoms with E-state index in [0.717, 1.165) is 77.9 Å². The number of nitrogens with zero attached hydrogens (tertiary/aromatic N) is 3. The third-order valence-corrected chi connectivity index (χ3v) is 7.62. The molecule has 1 saturated heterocycles. The predicted octanol–water partition coefficient (Wildman–Crippen LogP) is 7.28. The normalized spacial score (nSPS) is 13.3. The molecule has 5 aromatic rings. The van der Waals surface area contributed by atoms with Crippen molar-refractivity contribution in [2.45, 2.75) is 4.90 Å². The summed E-state index contributed by atoms with van der Waals surface area (Å²) in [5, 5.41) is 4.37. The average Bonchev–Trinajstić information content (AvgIpc) is 3.01. The molecule has 41 heavy (non-hydrogen) atoms. The third-order valence-electron chi connectivity index (χ3n) is 6.75. The quantitative estimate of drug-likeness (QED) is 0.188. The highest BCUT2D eigenvalue weighted by Gasteiger charge is 2.13. The van der Waals surface area contributed by atoms with Crippen LogP contribution in [0.3, 0.4) is 0 Å². The summed E-state index contributed by atoms with van der Waals surface area (Å²) in [6, 6.07) is 23.6. The van der Waals surface area contributed by atoms with Gasteiger partial charge in [-0.3, -0.25) is 0 Å². The van der Waals surface area contributed by atoms with Crippen LogP contribution in [-0.4, -0.2) is 43.4 Å². The van der Waals surface area contributed by atoms with Gasteiger partial charge in [0.25, 0.3) is 0 Å². The van der Waals surface area contributed by atoms with Crippen molar-refractivity contribution in [2.75, 3.05) is 48.4 Å². The highest BCUT2D eigenvalue weighted by molar-refractivity contribution is 8.00. The average molecular weight is 572 g/mol. The Hall–Kier alpha value is -4.41. The molecule has 2 aromatic heterocycles. The number of fused-ring (bicyclic) bond motifs is 1. The molecule has 0 bridgehead atoms. The molecule has 3 heterocycles. The van der Waals surface area contributed by atoms with E-state index in [1.165, 1.54) is 24.9 Å². The molecule has 7 nitrogen and oxygen atoms in total. The Labute approximate surface area is 240 Å². The monoisotopic (exact) mass is 571 g/mol. The van der Waals surface area contributed by atoms with Crippen molar-refractivity contribution >= 4 is 45.7 Å². The zero-order chi connectivity index (χ0) is 28.2. The van der Waals surface area contributed by atoms with Crippen molar-refractivity contribution in [3.63, 3.8) is 0 Å². The summed E-state index contributed by atoms with van der Waals surface area (Å²) in [5.74, 6) is -0.154. The van der Waals surface area contributed by atoms with Gasteiger partial charge in [0, 0.05) is 47.7 Å². The largest absolute Gasteiger partial charge is 0.480 e. The van der Waals surface area contributed by atoms with Crippen LogP contribution in [0, 0.1) is 11.6 Å². The molecule has 2 N–H and O–H groups in total. The summed E-state index contributed by atoms with van der Waals surface area (Å²) in [6.07, 6.45) is 1.72. The Morgan fingerprint density at radius 2 is 1.73 bits per heavy atom. The summed E-state index contributed by atoms with van der Waals surface area (Å²) in [4.78, 5) is 11.8. The zero-order valence-corrected chi connectivity index (χ0v) is 23.1. The number of ether oxygens (including phenoxy) is 2. The minimum absolute atomic E-state index is 0.257. The van der Waals surface area contributed by atoms with Crippen LogP contribution in [0.25, 0.3) is 22.0 Å². The molecule has 0 aliphatic carbocycles. The van der Waals surface area contributed by atoms with Crippen LogP contribution in [0.2, 0.25) is 0 Å². The summed E-state index contributed by atoms with van der Waals surface area (Å²) >= 11 is 1.02. The first-order valence-corrected chi connectivity index (χ1v) is 13.9. The number of methoxy groups -OCH3 is 1. The van der Waals surface area contributed by atoms with Gasteiger partial charge < -0.3 is 24.4 Å². The topological polar surface area (TPSA) is 71.5 Å². The van der Waals surface area contributed by atoms with E-state index in [0.29, 0.717) is 11.6 Å². The summed E-state index contributed by atoms with van der Waals surface area (Å²) in [6.45, 7) is 3.32. The first-order valence-electron chi connectivity index (χ1n) is 13.1. The summed E-state index contributed by atoms with van der Waals surface area (Å²) in [7, 11) is 1.52.